The fourth-order valence-corrected chi connectivity index (χ4v) is 3.55. The van der Waals surface area contributed by atoms with Crippen LogP contribution >= 0.6 is 11.3 Å². The van der Waals surface area contributed by atoms with E-state index in [-0.39, 0.29) is 5.91 Å². The average Bonchev–Trinajstić information content (AvgIpc) is 3.11. The molecule has 24 heavy (non-hydrogen) atoms. The third-order valence-corrected chi connectivity index (χ3v) is 4.83. The van der Waals surface area contributed by atoms with Crippen LogP contribution in [-0.2, 0) is 13.1 Å². The predicted octanol–water partition coefficient (Wildman–Crippen LogP) is 4.91. The Hall–Kier alpha value is -2.33. The number of nitrogens with one attached hydrogen (secondary N) is 1. The second-order valence-electron chi connectivity index (χ2n) is 6.26. The number of thiophene rings is 1. The summed E-state index contributed by atoms with van der Waals surface area (Å²) < 4.78 is 3.24. The number of fused-ring (bicyclic) bond motifs is 1. The second-order valence-corrected chi connectivity index (χ2v) is 7.21. The van der Waals surface area contributed by atoms with Gasteiger partial charge in [-0.3, -0.25) is 4.79 Å². The van der Waals surface area contributed by atoms with Crippen molar-refractivity contribution >= 4 is 27.5 Å². The van der Waals surface area contributed by atoms with Gasteiger partial charge in [-0.15, -0.1) is 11.3 Å². The van der Waals surface area contributed by atoms with Gasteiger partial charge in [-0.2, -0.15) is 0 Å². The first-order valence-electron chi connectivity index (χ1n) is 8.08. The molecule has 2 heterocycles. The molecule has 0 atom stereocenters. The Labute approximate surface area is 146 Å². The molecule has 124 valence electrons. The van der Waals surface area contributed by atoms with Gasteiger partial charge in [0, 0.05) is 13.1 Å². The first-order valence-corrected chi connectivity index (χ1v) is 8.96. The Balaban J connectivity index is 1.82. The van der Waals surface area contributed by atoms with Gasteiger partial charge in [0.1, 0.15) is 5.69 Å². The van der Waals surface area contributed by atoms with E-state index in [1.54, 1.807) is 11.3 Å². The van der Waals surface area contributed by atoms with Gasteiger partial charge in [0.25, 0.3) is 5.91 Å². The molecule has 3 rings (SSSR count). The molecule has 0 saturated carbocycles. The fraction of sp³-hybridized carbons (Fsp3) is 0.250. The number of hydrogen-bond acceptors (Lipinski definition) is 2. The SMILES string of the molecule is CC(C)=CCn1c(C(=O)NCc2cccc(C)c2)cc2sccc21. The maximum atomic E-state index is 12.7. The molecular formula is C20H22N2OS. The fourth-order valence-electron chi connectivity index (χ4n) is 2.73. The molecule has 1 N–H and O–H groups in total. The summed E-state index contributed by atoms with van der Waals surface area (Å²) in [6, 6.07) is 12.3. The molecule has 1 aromatic carbocycles. The van der Waals surface area contributed by atoms with Crippen LogP contribution in [0.1, 0.15) is 35.5 Å². The molecule has 0 aliphatic carbocycles. The van der Waals surface area contributed by atoms with Gasteiger partial charge in [0.15, 0.2) is 0 Å². The zero-order chi connectivity index (χ0) is 17.1. The highest BCUT2D eigenvalue weighted by Gasteiger charge is 2.15. The van der Waals surface area contributed by atoms with E-state index < -0.39 is 0 Å². The minimum Gasteiger partial charge on any atom is -0.347 e. The third kappa shape index (κ3) is 3.60. The third-order valence-electron chi connectivity index (χ3n) is 3.97. The average molecular weight is 338 g/mol. The normalized spacial score (nSPS) is 10.8. The Morgan fingerprint density at radius 2 is 2.08 bits per heavy atom. The van der Waals surface area contributed by atoms with Crippen LogP contribution in [0.3, 0.4) is 0 Å². The number of allylic oxidation sites excluding steroid dienone is 2. The lowest BCUT2D eigenvalue weighted by molar-refractivity contribution is 0.0942. The molecule has 0 saturated heterocycles. The van der Waals surface area contributed by atoms with Crippen LogP contribution in [0.25, 0.3) is 10.2 Å². The van der Waals surface area contributed by atoms with Crippen LogP contribution in [-0.4, -0.2) is 10.5 Å². The molecule has 3 aromatic rings. The molecule has 0 unspecified atom stereocenters. The predicted molar refractivity (Wildman–Crippen MR) is 102 cm³/mol. The van der Waals surface area contributed by atoms with Crippen LogP contribution in [0.4, 0.5) is 0 Å². The number of carbonyl (C=O) groups excluding carboxylic acids is 1. The highest BCUT2D eigenvalue weighted by molar-refractivity contribution is 7.17. The molecule has 0 bridgehead atoms. The number of nitrogens with zero attached hydrogens (tertiary/aromatic N) is 1. The molecule has 0 radical (unpaired) electrons. The zero-order valence-corrected chi connectivity index (χ0v) is 15.1. The zero-order valence-electron chi connectivity index (χ0n) is 14.3. The van der Waals surface area contributed by atoms with Crippen molar-refractivity contribution in [3.8, 4) is 0 Å². The smallest absolute Gasteiger partial charge is 0.268 e. The Morgan fingerprint density at radius 3 is 2.83 bits per heavy atom. The molecule has 0 fully saturated rings. The minimum absolute atomic E-state index is 0.0259. The van der Waals surface area contributed by atoms with Crippen LogP contribution in [0, 0.1) is 6.92 Å². The second kappa shape index (κ2) is 7.05. The van der Waals surface area contributed by atoms with E-state index >= 15 is 0 Å². The van der Waals surface area contributed by atoms with E-state index in [9.17, 15) is 4.79 Å². The van der Waals surface area contributed by atoms with E-state index in [2.05, 4.69) is 60.3 Å². The lowest BCUT2D eigenvalue weighted by Gasteiger charge is -2.10. The number of aryl methyl sites for hydroxylation is 1. The highest BCUT2D eigenvalue weighted by atomic mass is 32.1. The van der Waals surface area contributed by atoms with Crippen molar-refractivity contribution in [1.82, 2.24) is 9.88 Å². The van der Waals surface area contributed by atoms with Crippen LogP contribution < -0.4 is 5.32 Å². The quantitative estimate of drug-likeness (QED) is 0.659. The van der Waals surface area contributed by atoms with Gasteiger partial charge in [-0.25, -0.2) is 0 Å². The first-order chi connectivity index (χ1) is 11.5. The van der Waals surface area contributed by atoms with Gasteiger partial charge < -0.3 is 9.88 Å². The van der Waals surface area contributed by atoms with Crippen molar-refractivity contribution in [2.24, 2.45) is 0 Å². The summed E-state index contributed by atoms with van der Waals surface area (Å²) in [7, 11) is 0. The topological polar surface area (TPSA) is 34.0 Å². The number of hydrogen-bond donors (Lipinski definition) is 1. The van der Waals surface area contributed by atoms with Crippen molar-refractivity contribution in [2.45, 2.75) is 33.9 Å². The summed E-state index contributed by atoms with van der Waals surface area (Å²) in [6.07, 6.45) is 2.15. The minimum atomic E-state index is -0.0259. The number of aromatic nitrogens is 1. The van der Waals surface area contributed by atoms with E-state index in [1.807, 2.05) is 18.2 Å². The molecule has 0 aliphatic rings. The summed E-state index contributed by atoms with van der Waals surface area (Å²) in [6.45, 7) is 7.47. The number of amides is 1. The van der Waals surface area contributed by atoms with Crippen molar-refractivity contribution in [2.75, 3.05) is 0 Å². The van der Waals surface area contributed by atoms with Gasteiger partial charge in [0.2, 0.25) is 0 Å². The van der Waals surface area contributed by atoms with E-state index in [0.29, 0.717) is 6.54 Å². The van der Waals surface area contributed by atoms with E-state index in [0.717, 1.165) is 28.0 Å². The maximum Gasteiger partial charge on any atom is 0.268 e. The summed E-state index contributed by atoms with van der Waals surface area (Å²) >= 11 is 1.67. The van der Waals surface area contributed by atoms with Crippen molar-refractivity contribution in [3.63, 3.8) is 0 Å². The lowest BCUT2D eigenvalue weighted by atomic mass is 10.1. The van der Waals surface area contributed by atoms with E-state index in [4.69, 9.17) is 0 Å². The number of benzene rings is 1. The molecule has 4 heteroatoms. The van der Waals surface area contributed by atoms with Crippen LogP contribution in [0.5, 0.6) is 0 Å². The van der Waals surface area contributed by atoms with Crippen molar-refractivity contribution in [3.05, 3.63) is 70.2 Å². The Morgan fingerprint density at radius 1 is 1.25 bits per heavy atom. The van der Waals surface area contributed by atoms with Crippen molar-refractivity contribution < 1.29 is 4.79 Å². The Bertz CT molecular complexity index is 897. The molecule has 0 aliphatic heterocycles. The van der Waals surface area contributed by atoms with Crippen LogP contribution in [0.15, 0.2) is 53.4 Å². The van der Waals surface area contributed by atoms with Crippen LogP contribution in [0.2, 0.25) is 0 Å². The van der Waals surface area contributed by atoms with Gasteiger partial charge >= 0.3 is 0 Å². The van der Waals surface area contributed by atoms with E-state index in [1.165, 1.54) is 11.1 Å². The number of carbonyl (C=O) groups is 1. The first kappa shape index (κ1) is 16.5. The van der Waals surface area contributed by atoms with Crippen molar-refractivity contribution in [1.29, 1.82) is 0 Å². The molecule has 1 amide bonds. The number of rotatable bonds is 5. The largest absolute Gasteiger partial charge is 0.347 e. The van der Waals surface area contributed by atoms with Gasteiger partial charge in [0.05, 0.1) is 10.2 Å². The summed E-state index contributed by atoms with van der Waals surface area (Å²) in [5.41, 5.74) is 5.42. The standard InChI is InChI=1S/C20H22N2OS/c1-14(2)7-9-22-17-8-10-24-19(17)12-18(22)20(23)21-13-16-6-4-5-15(3)11-16/h4-8,10-12H,9,13H2,1-3H3,(H,21,23). The van der Waals surface area contributed by atoms with Gasteiger partial charge in [-0.05, 0) is 43.8 Å². The monoisotopic (exact) mass is 338 g/mol. The lowest BCUT2D eigenvalue weighted by Crippen LogP contribution is -2.25. The maximum absolute atomic E-state index is 12.7. The molecule has 3 nitrogen and oxygen atoms in total. The highest BCUT2D eigenvalue weighted by Crippen LogP contribution is 2.25. The summed E-state index contributed by atoms with van der Waals surface area (Å²) in [5.74, 6) is -0.0259. The van der Waals surface area contributed by atoms with Gasteiger partial charge in [-0.1, -0.05) is 41.5 Å². The summed E-state index contributed by atoms with van der Waals surface area (Å²) in [4.78, 5) is 12.7. The molecular weight excluding hydrogens is 316 g/mol. The summed E-state index contributed by atoms with van der Waals surface area (Å²) in [5, 5.41) is 5.11. The Kier molecular flexibility index (Phi) is 4.86. The molecule has 2 aromatic heterocycles. The molecule has 0 spiro atoms.